The van der Waals surface area contributed by atoms with Crippen LogP contribution in [-0.2, 0) is 4.74 Å². The summed E-state index contributed by atoms with van der Waals surface area (Å²) in [7, 11) is 1.31. The third-order valence-electron chi connectivity index (χ3n) is 1.97. The van der Waals surface area contributed by atoms with Gasteiger partial charge < -0.3 is 15.5 Å². The number of nitrogens with one attached hydrogen (secondary N) is 1. The number of hydrogen-bond acceptors (Lipinski definition) is 4. The Bertz CT molecular complexity index is 490. The summed E-state index contributed by atoms with van der Waals surface area (Å²) in [6.07, 6.45) is 1.60. The average Bonchev–Trinajstić information content (AvgIpc) is 2.53. The minimum Gasteiger partial charge on any atom is -0.465 e. The third-order valence-corrected chi connectivity index (χ3v) is 1.97. The maximum Gasteiger partial charge on any atom is 0.343 e. The number of carbonyl (C=O) groups excluding carboxylic acids is 1. The summed E-state index contributed by atoms with van der Waals surface area (Å²) >= 11 is 0. The minimum absolute atomic E-state index is 0.283. The third kappa shape index (κ3) is 1.10. The number of fused-ring (bicyclic) bond motifs is 1. The van der Waals surface area contributed by atoms with Crippen LogP contribution in [0.4, 0.5) is 5.82 Å². The van der Waals surface area contributed by atoms with Gasteiger partial charge in [-0.25, -0.2) is 4.79 Å². The van der Waals surface area contributed by atoms with E-state index in [4.69, 9.17) is 5.73 Å². The molecular weight excluding hydrogens is 182 g/mol. The molecule has 3 N–H and O–H groups in total. The number of rotatable bonds is 1. The molecular formula is C9H9N3O2. The summed E-state index contributed by atoms with van der Waals surface area (Å²) in [6, 6.07) is 3.56. The van der Waals surface area contributed by atoms with Gasteiger partial charge in [-0.3, -0.25) is 4.98 Å². The van der Waals surface area contributed by atoms with Crippen molar-refractivity contribution >= 4 is 22.8 Å². The molecule has 0 aliphatic rings. The Kier molecular flexibility index (Phi) is 1.85. The summed E-state index contributed by atoms with van der Waals surface area (Å²) < 4.78 is 4.60. The maximum absolute atomic E-state index is 11.3. The van der Waals surface area contributed by atoms with Crippen LogP contribution < -0.4 is 5.73 Å². The predicted molar refractivity (Wildman–Crippen MR) is 51.8 cm³/mol. The Morgan fingerprint density at radius 2 is 2.43 bits per heavy atom. The van der Waals surface area contributed by atoms with Gasteiger partial charge in [0.25, 0.3) is 0 Å². The topological polar surface area (TPSA) is 81.0 Å². The number of aromatic amines is 1. The first-order chi connectivity index (χ1) is 6.74. The van der Waals surface area contributed by atoms with Gasteiger partial charge in [-0.15, -0.1) is 0 Å². The van der Waals surface area contributed by atoms with E-state index in [1.807, 2.05) is 0 Å². The first-order valence-corrected chi connectivity index (χ1v) is 4.04. The van der Waals surface area contributed by atoms with E-state index in [-0.39, 0.29) is 5.82 Å². The molecule has 0 saturated carbocycles. The lowest BCUT2D eigenvalue weighted by atomic mass is 10.2. The second kappa shape index (κ2) is 3.02. The zero-order valence-corrected chi connectivity index (χ0v) is 7.57. The molecule has 0 aliphatic heterocycles. The highest BCUT2D eigenvalue weighted by molar-refractivity contribution is 6.07. The number of nitrogens with zero attached hydrogens (tertiary/aromatic N) is 1. The molecule has 0 saturated heterocycles. The summed E-state index contributed by atoms with van der Waals surface area (Å²) in [5.41, 5.74) is 7.19. The molecule has 2 rings (SSSR count). The van der Waals surface area contributed by atoms with Gasteiger partial charge in [0.15, 0.2) is 0 Å². The number of pyridine rings is 1. The smallest absolute Gasteiger partial charge is 0.343 e. The van der Waals surface area contributed by atoms with Gasteiger partial charge in [0.1, 0.15) is 16.9 Å². The number of nitrogen functional groups attached to an aromatic ring is 1. The Hall–Kier alpha value is -2.04. The van der Waals surface area contributed by atoms with Gasteiger partial charge in [-0.05, 0) is 12.1 Å². The highest BCUT2D eigenvalue weighted by Crippen LogP contribution is 2.22. The van der Waals surface area contributed by atoms with E-state index in [9.17, 15) is 4.79 Å². The fourth-order valence-electron chi connectivity index (χ4n) is 1.35. The van der Waals surface area contributed by atoms with Gasteiger partial charge >= 0.3 is 5.97 Å². The van der Waals surface area contributed by atoms with Crippen LogP contribution in [0.3, 0.4) is 0 Å². The lowest BCUT2D eigenvalue weighted by molar-refractivity contribution is 0.0604. The van der Waals surface area contributed by atoms with Crippen molar-refractivity contribution in [2.45, 2.75) is 0 Å². The van der Waals surface area contributed by atoms with Gasteiger partial charge in [0, 0.05) is 6.20 Å². The monoisotopic (exact) mass is 191 g/mol. The summed E-state index contributed by atoms with van der Waals surface area (Å²) in [5, 5.41) is 0. The molecule has 72 valence electrons. The highest BCUT2D eigenvalue weighted by atomic mass is 16.5. The number of methoxy groups -OCH3 is 1. The molecule has 0 aliphatic carbocycles. The quantitative estimate of drug-likeness (QED) is 0.657. The largest absolute Gasteiger partial charge is 0.465 e. The molecule has 0 amide bonds. The van der Waals surface area contributed by atoms with Crippen molar-refractivity contribution in [3.63, 3.8) is 0 Å². The summed E-state index contributed by atoms with van der Waals surface area (Å²) in [4.78, 5) is 18.3. The molecule has 0 atom stereocenters. The van der Waals surface area contributed by atoms with Crippen LogP contribution in [0.15, 0.2) is 18.3 Å². The predicted octanol–water partition coefficient (Wildman–Crippen LogP) is 0.932. The molecule has 2 aromatic rings. The highest BCUT2D eigenvalue weighted by Gasteiger charge is 2.17. The number of esters is 1. The number of aromatic nitrogens is 2. The maximum atomic E-state index is 11.3. The molecule has 0 fully saturated rings. The van der Waals surface area contributed by atoms with E-state index in [0.717, 1.165) is 5.52 Å². The summed E-state index contributed by atoms with van der Waals surface area (Å²) in [5.74, 6) is -0.196. The Morgan fingerprint density at radius 3 is 3.14 bits per heavy atom. The van der Waals surface area contributed by atoms with Crippen molar-refractivity contribution in [2.24, 2.45) is 0 Å². The zero-order chi connectivity index (χ0) is 10.1. The number of hydrogen-bond donors (Lipinski definition) is 2. The van der Waals surface area contributed by atoms with Crippen LogP contribution in [-0.4, -0.2) is 23.0 Å². The molecule has 0 bridgehead atoms. The zero-order valence-electron chi connectivity index (χ0n) is 7.57. The molecule has 5 nitrogen and oxygen atoms in total. The van der Waals surface area contributed by atoms with Crippen molar-refractivity contribution in [1.29, 1.82) is 0 Å². The van der Waals surface area contributed by atoms with E-state index in [1.165, 1.54) is 7.11 Å². The van der Waals surface area contributed by atoms with Crippen LogP contribution >= 0.6 is 0 Å². The van der Waals surface area contributed by atoms with E-state index in [2.05, 4.69) is 14.7 Å². The van der Waals surface area contributed by atoms with E-state index < -0.39 is 5.97 Å². The Labute approximate surface area is 79.9 Å². The average molecular weight is 191 g/mol. The van der Waals surface area contributed by atoms with E-state index in [0.29, 0.717) is 11.1 Å². The molecule has 2 aromatic heterocycles. The SMILES string of the molecule is COC(=O)c1c(N)[nH]c2cccnc12. The first kappa shape index (κ1) is 8.55. The fraction of sp³-hybridized carbons (Fsp3) is 0.111. The fourth-order valence-corrected chi connectivity index (χ4v) is 1.35. The van der Waals surface area contributed by atoms with Gasteiger partial charge in [-0.2, -0.15) is 0 Å². The number of nitrogens with two attached hydrogens (primary N) is 1. The standard InChI is InChI=1S/C9H9N3O2/c1-14-9(13)6-7-5(12-8(6)10)3-2-4-11-7/h2-4,12H,10H2,1H3. The second-order valence-corrected chi connectivity index (χ2v) is 2.80. The second-order valence-electron chi connectivity index (χ2n) is 2.80. The van der Waals surface area contributed by atoms with Crippen molar-refractivity contribution in [1.82, 2.24) is 9.97 Å². The Balaban J connectivity index is 2.74. The number of H-pyrrole nitrogens is 1. The van der Waals surface area contributed by atoms with Gasteiger partial charge in [0.05, 0.1) is 12.6 Å². The van der Waals surface area contributed by atoms with Crippen LogP contribution in [0.25, 0.3) is 11.0 Å². The van der Waals surface area contributed by atoms with Crippen LogP contribution in [0.2, 0.25) is 0 Å². The molecule has 14 heavy (non-hydrogen) atoms. The van der Waals surface area contributed by atoms with Crippen LogP contribution in [0.5, 0.6) is 0 Å². The van der Waals surface area contributed by atoms with E-state index in [1.54, 1.807) is 18.3 Å². The normalized spacial score (nSPS) is 10.4. The molecule has 2 heterocycles. The van der Waals surface area contributed by atoms with Crippen molar-refractivity contribution < 1.29 is 9.53 Å². The van der Waals surface area contributed by atoms with Gasteiger partial charge in [-0.1, -0.05) is 0 Å². The van der Waals surface area contributed by atoms with Crippen molar-refractivity contribution in [3.8, 4) is 0 Å². The van der Waals surface area contributed by atoms with E-state index >= 15 is 0 Å². The Morgan fingerprint density at radius 1 is 1.64 bits per heavy atom. The van der Waals surface area contributed by atoms with Crippen molar-refractivity contribution in [3.05, 3.63) is 23.9 Å². The molecule has 0 spiro atoms. The number of carbonyl (C=O) groups is 1. The van der Waals surface area contributed by atoms with Crippen molar-refractivity contribution in [2.75, 3.05) is 12.8 Å². The molecule has 0 unspecified atom stereocenters. The van der Waals surface area contributed by atoms with Crippen LogP contribution in [0.1, 0.15) is 10.4 Å². The molecule has 0 radical (unpaired) electrons. The first-order valence-electron chi connectivity index (χ1n) is 4.04. The summed E-state index contributed by atoms with van der Waals surface area (Å²) in [6.45, 7) is 0. The van der Waals surface area contributed by atoms with Crippen LogP contribution in [0, 0.1) is 0 Å². The molecule has 5 heteroatoms. The molecule has 0 aromatic carbocycles. The van der Waals surface area contributed by atoms with Gasteiger partial charge in [0.2, 0.25) is 0 Å². The number of anilines is 1. The minimum atomic E-state index is -0.479. The lowest BCUT2D eigenvalue weighted by Gasteiger charge is -1.96. The number of ether oxygens (including phenoxy) is 1. The lowest BCUT2D eigenvalue weighted by Crippen LogP contribution is -2.04.